The van der Waals surface area contributed by atoms with E-state index in [1.54, 1.807) is 20.8 Å². The summed E-state index contributed by atoms with van der Waals surface area (Å²) in [6.45, 7) is 7.25. The smallest absolute Gasteiger partial charge is 0.412 e. The van der Waals surface area contributed by atoms with Crippen LogP contribution in [0.5, 0.6) is 0 Å². The van der Waals surface area contributed by atoms with Gasteiger partial charge in [0.1, 0.15) is 5.60 Å². The molecule has 1 fully saturated rings. The van der Waals surface area contributed by atoms with Crippen LogP contribution in [0.1, 0.15) is 40.5 Å². The summed E-state index contributed by atoms with van der Waals surface area (Å²) in [7, 11) is -3.56. The molecule has 1 saturated heterocycles. The summed E-state index contributed by atoms with van der Waals surface area (Å²) >= 11 is 0. The molecule has 0 saturated carbocycles. The van der Waals surface area contributed by atoms with Crippen molar-refractivity contribution in [2.75, 3.05) is 12.3 Å². The minimum Gasteiger partial charge on any atom is -0.444 e. The van der Waals surface area contributed by atoms with Gasteiger partial charge in [0.25, 0.3) is 10.1 Å². The molecule has 7 heteroatoms. The Balaban J connectivity index is 2.68. The van der Waals surface area contributed by atoms with Crippen LogP contribution >= 0.6 is 0 Å². The first-order chi connectivity index (χ1) is 8.14. The summed E-state index contributed by atoms with van der Waals surface area (Å²) in [5, 5.41) is 0. The molecule has 0 aromatic heterocycles. The lowest BCUT2D eigenvalue weighted by Gasteiger charge is -2.27. The van der Waals surface area contributed by atoms with Crippen LogP contribution in [0.3, 0.4) is 0 Å². The monoisotopic (exact) mass is 279 g/mol. The Hall–Kier alpha value is -0.820. The molecule has 0 bridgehead atoms. The van der Waals surface area contributed by atoms with Crippen molar-refractivity contribution in [2.45, 2.75) is 52.4 Å². The summed E-state index contributed by atoms with van der Waals surface area (Å²) in [6, 6.07) is 0. The Morgan fingerprint density at radius 2 is 2.00 bits per heavy atom. The van der Waals surface area contributed by atoms with Gasteiger partial charge in [-0.1, -0.05) is 0 Å². The number of hydrogen-bond donors (Lipinski definition) is 0. The third-order valence-electron chi connectivity index (χ3n) is 2.44. The van der Waals surface area contributed by atoms with Crippen molar-refractivity contribution in [3.63, 3.8) is 0 Å². The Kier molecular flexibility index (Phi) is 4.61. The number of carbonyl (C=O) groups excluding carboxylic acids is 1. The highest BCUT2D eigenvalue weighted by atomic mass is 32.2. The first-order valence-electron chi connectivity index (χ1n) is 6.05. The Labute approximate surface area is 108 Å². The molecule has 1 heterocycles. The molecule has 1 amide bonds. The minimum atomic E-state index is -3.56. The van der Waals surface area contributed by atoms with Gasteiger partial charge < -0.3 is 4.74 Å². The Bertz CT molecular complexity index is 398. The van der Waals surface area contributed by atoms with Gasteiger partial charge in [-0.05, 0) is 40.5 Å². The van der Waals surface area contributed by atoms with Crippen molar-refractivity contribution in [1.29, 1.82) is 0 Å². The minimum absolute atomic E-state index is 0.105. The van der Waals surface area contributed by atoms with Gasteiger partial charge in [-0.15, -0.1) is 0 Å². The Morgan fingerprint density at radius 1 is 1.39 bits per heavy atom. The number of hydrogen-bond acceptors (Lipinski definition) is 5. The van der Waals surface area contributed by atoms with Gasteiger partial charge in [-0.25, -0.2) is 8.98 Å². The van der Waals surface area contributed by atoms with E-state index in [-0.39, 0.29) is 5.75 Å². The van der Waals surface area contributed by atoms with Crippen LogP contribution in [-0.2, 0) is 19.0 Å². The zero-order valence-corrected chi connectivity index (χ0v) is 12.1. The van der Waals surface area contributed by atoms with Crippen molar-refractivity contribution in [1.82, 2.24) is 4.90 Å². The molecule has 6 nitrogen and oxygen atoms in total. The van der Waals surface area contributed by atoms with Crippen molar-refractivity contribution in [3.8, 4) is 0 Å². The van der Waals surface area contributed by atoms with Gasteiger partial charge in [-0.2, -0.15) is 8.42 Å². The molecule has 1 aliphatic rings. The molecule has 0 spiro atoms. The number of rotatable bonds is 3. The maximum Gasteiger partial charge on any atom is 0.412 e. The summed E-state index contributed by atoms with van der Waals surface area (Å²) in [6.07, 6.45) is -0.0390. The van der Waals surface area contributed by atoms with E-state index >= 15 is 0 Å². The number of likely N-dealkylation sites (tertiary alicyclic amines) is 1. The van der Waals surface area contributed by atoms with Crippen molar-refractivity contribution in [3.05, 3.63) is 0 Å². The third kappa shape index (κ3) is 4.45. The van der Waals surface area contributed by atoms with Gasteiger partial charge in [0.15, 0.2) is 6.23 Å². The van der Waals surface area contributed by atoms with E-state index in [4.69, 9.17) is 8.92 Å². The molecule has 0 radical (unpaired) electrons. The van der Waals surface area contributed by atoms with Crippen LogP contribution in [0.2, 0.25) is 0 Å². The number of carbonyl (C=O) groups is 1. The summed E-state index contributed by atoms with van der Waals surface area (Å²) < 4.78 is 33.0. The lowest BCUT2D eigenvalue weighted by molar-refractivity contribution is -0.00317. The summed E-state index contributed by atoms with van der Waals surface area (Å²) in [4.78, 5) is 13.2. The topological polar surface area (TPSA) is 72.9 Å². The van der Waals surface area contributed by atoms with Crippen LogP contribution in [-0.4, -0.2) is 43.5 Å². The average molecular weight is 279 g/mol. The number of ether oxygens (including phenoxy) is 1. The first-order valence-corrected chi connectivity index (χ1v) is 7.63. The molecule has 1 aliphatic heterocycles. The van der Waals surface area contributed by atoms with Gasteiger partial charge in [0.2, 0.25) is 0 Å². The van der Waals surface area contributed by atoms with Gasteiger partial charge >= 0.3 is 6.09 Å². The summed E-state index contributed by atoms with van der Waals surface area (Å²) in [5.74, 6) is -0.105. The molecule has 106 valence electrons. The van der Waals surface area contributed by atoms with Crippen molar-refractivity contribution in [2.24, 2.45) is 0 Å². The molecule has 1 unspecified atom stereocenters. The normalized spacial score (nSPS) is 21.1. The van der Waals surface area contributed by atoms with E-state index in [0.29, 0.717) is 19.4 Å². The van der Waals surface area contributed by atoms with Crippen LogP contribution in [0, 0.1) is 0 Å². The maximum atomic E-state index is 11.9. The van der Waals surface area contributed by atoms with E-state index in [0.717, 1.165) is 0 Å². The highest BCUT2D eigenvalue weighted by Crippen LogP contribution is 2.23. The second kappa shape index (κ2) is 5.44. The second-order valence-electron chi connectivity index (χ2n) is 5.21. The van der Waals surface area contributed by atoms with Crippen molar-refractivity contribution >= 4 is 16.2 Å². The maximum absolute atomic E-state index is 11.9. The molecular weight excluding hydrogens is 258 g/mol. The van der Waals surface area contributed by atoms with E-state index in [1.807, 2.05) is 0 Å². The molecular formula is C11H21NO5S. The lowest BCUT2D eigenvalue weighted by Crippen LogP contribution is -2.41. The number of nitrogens with zero attached hydrogens (tertiary/aromatic N) is 1. The van der Waals surface area contributed by atoms with Gasteiger partial charge in [0.05, 0.1) is 5.75 Å². The second-order valence-corrected chi connectivity index (χ2v) is 7.10. The van der Waals surface area contributed by atoms with E-state index in [9.17, 15) is 13.2 Å². The fraction of sp³-hybridized carbons (Fsp3) is 0.909. The molecule has 0 N–H and O–H groups in total. The third-order valence-corrected chi connectivity index (χ3v) is 3.66. The Morgan fingerprint density at radius 3 is 2.50 bits per heavy atom. The zero-order chi connectivity index (χ0) is 14.0. The van der Waals surface area contributed by atoms with Gasteiger partial charge in [0, 0.05) is 6.54 Å². The fourth-order valence-corrected chi connectivity index (χ4v) is 2.28. The van der Waals surface area contributed by atoms with E-state index in [2.05, 4.69) is 0 Å². The van der Waals surface area contributed by atoms with Crippen LogP contribution in [0.4, 0.5) is 4.79 Å². The predicted molar refractivity (Wildman–Crippen MR) is 66.5 cm³/mol. The van der Waals surface area contributed by atoms with Crippen LogP contribution in [0.25, 0.3) is 0 Å². The van der Waals surface area contributed by atoms with E-state index < -0.39 is 28.0 Å². The molecule has 0 aromatic rings. The lowest BCUT2D eigenvalue weighted by atomic mass is 10.2. The zero-order valence-electron chi connectivity index (χ0n) is 11.3. The largest absolute Gasteiger partial charge is 0.444 e. The summed E-state index contributed by atoms with van der Waals surface area (Å²) in [5.41, 5.74) is -0.603. The van der Waals surface area contributed by atoms with Gasteiger partial charge in [-0.3, -0.25) is 4.90 Å². The molecule has 0 aromatic carbocycles. The first kappa shape index (κ1) is 15.2. The van der Waals surface area contributed by atoms with Crippen molar-refractivity contribution < 1.29 is 22.1 Å². The SMILES string of the molecule is CCS(=O)(=O)OC1CCCN1C(=O)OC(C)(C)C. The van der Waals surface area contributed by atoms with E-state index in [1.165, 1.54) is 11.8 Å². The van der Waals surface area contributed by atoms with Crippen LogP contribution < -0.4 is 0 Å². The molecule has 1 atom stereocenters. The number of amides is 1. The highest BCUT2D eigenvalue weighted by Gasteiger charge is 2.35. The predicted octanol–water partition coefficient (Wildman–Crippen LogP) is 1.71. The standard InChI is InChI=1S/C11H21NO5S/c1-5-18(14,15)17-9-7-6-8-12(9)10(13)16-11(2,3)4/h9H,5-8H2,1-4H3. The fourth-order valence-electron chi connectivity index (χ4n) is 1.60. The average Bonchev–Trinajstić information content (AvgIpc) is 2.62. The molecule has 1 rings (SSSR count). The van der Waals surface area contributed by atoms with Crippen LogP contribution in [0.15, 0.2) is 0 Å². The molecule has 0 aliphatic carbocycles. The highest BCUT2D eigenvalue weighted by molar-refractivity contribution is 7.86. The molecule has 18 heavy (non-hydrogen) atoms. The quantitative estimate of drug-likeness (QED) is 0.735.